The van der Waals surface area contributed by atoms with E-state index >= 15 is 0 Å². The van der Waals surface area contributed by atoms with Crippen molar-refractivity contribution in [2.24, 2.45) is 0 Å². The molecule has 9 aromatic carbocycles. The molecule has 64 heavy (non-hydrogen) atoms. The maximum absolute atomic E-state index is 6.61. The number of rotatable bonds is 5. The summed E-state index contributed by atoms with van der Waals surface area (Å²) in [5, 5.41) is 8.21. The van der Waals surface area contributed by atoms with Crippen molar-refractivity contribution in [2.45, 2.75) is 0 Å². The van der Waals surface area contributed by atoms with E-state index in [0.717, 1.165) is 105 Å². The van der Waals surface area contributed by atoms with E-state index < -0.39 is 0 Å². The highest BCUT2D eigenvalue weighted by Crippen LogP contribution is 2.43. The molecule has 0 unspecified atom stereocenters. The molecular weight excluding hydrogens is 789 g/mol. The fraction of sp³-hybridized carbons (Fsp3) is 0. The third-order valence-electron chi connectivity index (χ3n) is 12.7. The lowest BCUT2D eigenvalue weighted by Crippen LogP contribution is -2.01. The topological polar surface area (TPSA) is 83.0 Å². The Morgan fingerprint density at radius 3 is 1.30 bits per heavy atom. The van der Waals surface area contributed by atoms with E-state index in [2.05, 4.69) is 126 Å². The van der Waals surface area contributed by atoms with Gasteiger partial charge >= 0.3 is 0 Å². The van der Waals surface area contributed by atoms with Crippen molar-refractivity contribution in [2.75, 3.05) is 0 Å². The predicted molar refractivity (Wildman–Crippen MR) is 258 cm³/mol. The minimum Gasteiger partial charge on any atom is -0.456 e. The monoisotopic (exact) mass is 820 g/mol. The molecule has 0 amide bonds. The van der Waals surface area contributed by atoms with Crippen LogP contribution in [-0.2, 0) is 0 Å². The summed E-state index contributed by atoms with van der Waals surface area (Å²) in [6, 6.07) is 66.8. The number of fused-ring (bicyclic) bond motifs is 12. The lowest BCUT2D eigenvalue weighted by molar-refractivity contribution is 0.668. The molecule has 14 rings (SSSR count). The molecule has 5 aromatic heterocycles. The fourth-order valence-corrected chi connectivity index (χ4v) is 9.86. The largest absolute Gasteiger partial charge is 0.456 e. The Morgan fingerprint density at radius 2 is 0.719 bits per heavy atom. The van der Waals surface area contributed by atoms with Gasteiger partial charge in [0, 0.05) is 65.5 Å². The maximum atomic E-state index is 6.61. The van der Waals surface area contributed by atoms with Gasteiger partial charge in [0.25, 0.3) is 0 Å². The normalized spacial score (nSPS) is 12.1. The molecule has 5 heterocycles. The molecule has 0 aliphatic rings. The maximum Gasteiger partial charge on any atom is 0.164 e. The molecule has 0 saturated heterocycles. The van der Waals surface area contributed by atoms with Crippen molar-refractivity contribution in [3.63, 3.8) is 0 Å². The lowest BCUT2D eigenvalue weighted by atomic mass is 9.99. The quantitative estimate of drug-likeness (QED) is 0.172. The number of aromatic nitrogens is 4. The van der Waals surface area contributed by atoms with Crippen molar-refractivity contribution in [3.8, 4) is 51.0 Å². The number of furan rings is 3. The molecule has 0 aliphatic heterocycles. The van der Waals surface area contributed by atoms with Crippen LogP contribution in [0.3, 0.4) is 0 Å². The van der Waals surface area contributed by atoms with Crippen LogP contribution >= 0.6 is 0 Å². The van der Waals surface area contributed by atoms with Gasteiger partial charge in [0.1, 0.15) is 33.5 Å². The molecule has 0 spiro atoms. The summed E-state index contributed by atoms with van der Waals surface area (Å²) in [5.74, 6) is 1.61. The van der Waals surface area contributed by atoms with E-state index in [4.69, 9.17) is 28.2 Å². The van der Waals surface area contributed by atoms with Crippen molar-refractivity contribution < 1.29 is 13.3 Å². The number of hydrogen-bond donors (Lipinski definition) is 0. The summed E-state index contributed by atoms with van der Waals surface area (Å²) in [5.41, 5.74) is 12.9. The third-order valence-corrected chi connectivity index (χ3v) is 12.7. The zero-order chi connectivity index (χ0) is 41.9. The summed E-state index contributed by atoms with van der Waals surface area (Å²) in [7, 11) is 0. The van der Waals surface area contributed by atoms with Crippen LogP contribution in [0.2, 0.25) is 0 Å². The first-order chi connectivity index (χ1) is 31.7. The van der Waals surface area contributed by atoms with Crippen LogP contribution in [-0.4, -0.2) is 19.5 Å². The van der Waals surface area contributed by atoms with E-state index in [1.807, 2.05) is 72.8 Å². The Kier molecular flexibility index (Phi) is 7.27. The second-order valence-corrected chi connectivity index (χ2v) is 16.3. The van der Waals surface area contributed by atoms with Gasteiger partial charge in [-0.05, 0) is 83.9 Å². The van der Waals surface area contributed by atoms with Gasteiger partial charge in [0.15, 0.2) is 17.5 Å². The molecule has 0 bridgehead atoms. The lowest BCUT2D eigenvalue weighted by Gasteiger charge is -2.11. The van der Waals surface area contributed by atoms with Gasteiger partial charge in [0.05, 0.1) is 11.0 Å². The molecule has 0 radical (unpaired) electrons. The Morgan fingerprint density at radius 1 is 0.297 bits per heavy atom. The molecule has 14 aromatic rings. The molecule has 298 valence electrons. The van der Waals surface area contributed by atoms with Crippen LogP contribution < -0.4 is 0 Å². The van der Waals surface area contributed by atoms with Crippen LogP contribution in [0.5, 0.6) is 0 Å². The molecule has 0 aliphatic carbocycles. The average Bonchev–Trinajstić information content (AvgIpc) is 4.12. The molecule has 7 heteroatoms. The van der Waals surface area contributed by atoms with Crippen molar-refractivity contribution in [1.82, 2.24) is 19.5 Å². The zero-order valence-electron chi connectivity index (χ0n) is 34.0. The Hall–Kier alpha value is -8.81. The molecule has 0 saturated carbocycles. The SMILES string of the molecule is c1ccc(-n2c3ccccc3c3cc(-c4ccc5oc6cccc(-c7nc(-c8cccc9oc%10ccccc%10c89)nc(-c8cccc9oc%10ccccc%10c89)n7)c6c5c4)ccc32)cc1. The highest BCUT2D eigenvalue weighted by Gasteiger charge is 2.23. The first-order valence-electron chi connectivity index (χ1n) is 21.3. The zero-order valence-corrected chi connectivity index (χ0v) is 34.0. The van der Waals surface area contributed by atoms with Gasteiger partial charge in [-0.25, -0.2) is 15.0 Å². The molecule has 0 fully saturated rings. The highest BCUT2D eigenvalue weighted by molar-refractivity contribution is 6.16. The molecule has 0 N–H and O–H groups in total. The smallest absolute Gasteiger partial charge is 0.164 e. The summed E-state index contributed by atoms with van der Waals surface area (Å²) in [6.45, 7) is 0. The second kappa shape index (κ2) is 13.3. The predicted octanol–water partition coefficient (Wildman–Crippen LogP) is 15.3. The van der Waals surface area contributed by atoms with E-state index in [0.29, 0.717) is 17.5 Å². The number of hydrogen-bond acceptors (Lipinski definition) is 6. The van der Waals surface area contributed by atoms with E-state index in [1.54, 1.807) is 0 Å². The first-order valence-corrected chi connectivity index (χ1v) is 21.3. The van der Waals surface area contributed by atoms with E-state index in [1.165, 1.54) is 16.3 Å². The minimum atomic E-state index is 0.531. The second-order valence-electron chi connectivity index (χ2n) is 16.3. The van der Waals surface area contributed by atoms with Crippen LogP contribution in [0.15, 0.2) is 207 Å². The highest BCUT2D eigenvalue weighted by atomic mass is 16.3. The van der Waals surface area contributed by atoms with Crippen molar-refractivity contribution >= 4 is 87.6 Å². The van der Waals surface area contributed by atoms with Crippen molar-refractivity contribution in [1.29, 1.82) is 0 Å². The van der Waals surface area contributed by atoms with Gasteiger partial charge in [-0.1, -0.05) is 121 Å². The number of para-hydroxylation sites is 4. The van der Waals surface area contributed by atoms with Crippen molar-refractivity contribution in [3.05, 3.63) is 194 Å². The standard InChI is InChI=1S/C57H32N4O3/c1-2-13-35(14-3-1)61-44-21-7-4-15-36(44)42-31-33(27-29-45(42)61)34-28-30-48-43(32-34)54-41(20-12-26-51(54)64-48)57-59-55(39-18-10-24-49-52(39)37-16-5-8-22-46(37)62-49)58-56(60-57)40-19-11-25-50-53(40)38-17-6-9-23-47(38)63-50/h1-32H. The minimum absolute atomic E-state index is 0.531. The number of nitrogens with zero attached hydrogens (tertiary/aromatic N) is 4. The van der Waals surface area contributed by atoms with Gasteiger partial charge in [-0.2, -0.15) is 0 Å². The molecular formula is C57H32N4O3. The first kappa shape index (κ1) is 34.9. The van der Waals surface area contributed by atoms with E-state index in [9.17, 15) is 0 Å². The van der Waals surface area contributed by atoms with Gasteiger partial charge in [-0.15, -0.1) is 0 Å². The third kappa shape index (κ3) is 5.12. The Labute approximate surface area is 364 Å². The molecule has 7 nitrogen and oxygen atoms in total. The van der Waals surface area contributed by atoms with Crippen LogP contribution in [0.1, 0.15) is 0 Å². The Balaban J connectivity index is 0.999. The van der Waals surface area contributed by atoms with Gasteiger partial charge < -0.3 is 17.8 Å². The molecule has 0 atom stereocenters. The van der Waals surface area contributed by atoms with Crippen LogP contribution in [0.25, 0.3) is 139 Å². The number of benzene rings is 9. The van der Waals surface area contributed by atoms with Gasteiger partial charge in [0.2, 0.25) is 0 Å². The van der Waals surface area contributed by atoms with Gasteiger partial charge in [-0.3, -0.25) is 0 Å². The summed E-state index contributed by atoms with van der Waals surface area (Å²) < 4.78 is 21.7. The van der Waals surface area contributed by atoms with E-state index in [-0.39, 0.29) is 0 Å². The average molecular weight is 821 g/mol. The Bertz CT molecular complexity index is 4080. The van der Waals surface area contributed by atoms with Crippen LogP contribution in [0.4, 0.5) is 0 Å². The van der Waals surface area contributed by atoms with Crippen LogP contribution in [0, 0.1) is 0 Å². The summed E-state index contributed by atoms with van der Waals surface area (Å²) in [4.78, 5) is 16.0. The summed E-state index contributed by atoms with van der Waals surface area (Å²) >= 11 is 0. The fourth-order valence-electron chi connectivity index (χ4n) is 9.86. The summed E-state index contributed by atoms with van der Waals surface area (Å²) in [6.07, 6.45) is 0.